The molecule has 3 rings (SSSR count). The van der Waals surface area contributed by atoms with E-state index in [9.17, 15) is 14.7 Å². The van der Waals surface area contributed by atoms with E-state index in [0.717, 1.165) is 11.3 Å². The van der Waals surface area contributed by atoms with Crippen LogP contribution < -0.4 is 14.7 Å². The van der Waals surface area contributed by atoms with Gasteiger partial charge in [-0.15, -0.1) is 0 Å². The first kappa shape index (κ1) is 21.6. The van der Waals surface area contributed by atoms with Gasteiger partial charge >= 0.3 is 0 Å². The van der Waals surface area contributed by atoms with Crippen LogP contribution in [0.2, 0.25) is 0 Å². The number of quaternary nitrogens is 1. The van der Waals surface area contributed by atoms with Crippen molar-refractivity contribution in [2.24, 2.45) is 0 Å². The van der Waals surface area contributed by atoms with Gasteiger partial charge in [0.25, 0.3) is 5.91 Å². The molecule has 1 fully saturated rings. The Labute approximate surface area is 176 Å². The Morgan fingerprint density at radius 2 is 1.87 bits per heavy atom. The number of likely N-dealkylation sites (tertiary alicyclic amines) is 1. The van der Waals surface area contributed by atoms with Gasteiger partial charge in [0, 0.05) is 5.57 Å². The number of nitrogens with one attached hydrogen (secondary N) is 1. The number of rotatable bonds is 8. The lowest BCUT2D eigenvalue weighted by Gasteiger charge is -2.26. The molecule has 1 aromatic heterocycles. The zero-order chi connectivity index (χ0) is 21.8. The molecule has 1 aromatic carbocycles. The summed E-state index contributed by atoms with van der Waals surface area (Å²) in [5.74, 6) is -0.165. The number of ether oxygens (including phenoxy) is 1. The third kappa shape index (κ3) is 4.41. The van der Waals surface area contributed by atoms with E-state index in [2.05, 4.69) is 0 Å². The number of furan rings is 1. The molecule has 2 aromatic rings. The molecule has 1 atom stereocenters. The summed E-state index contributed by atoms with van der Waals surface area (Å²) in [7, 11) is 3.93. The number of nitrogens with zero attached hydrogens (tertiary/aromatic N) is 1. The highest BCUT2D eigenvalue weighted by Gasteiger charge is 2.45. The molecule has 1 aliphatic heterocycles. The van der Waals surface area contributed by atoms with Crippen molar-refractivity contribution in [1.29, 1.82) is 0 Å². The molecule has 1 amide bonds. The molecule has 0 spiro atoms. The summed E-state index contributed by atoms with van der Waals surface area (Å²) in [6.07, 6.45) is 0.879. The minimum absolute atomic E-state index is 0.0645. The predicted octanol–water partition coefficient (Wildman–Crippen LogP) is 0.745. The number of amides is 1. The lowest BCUT2D eigenvalue weighted by molar-refractivity contribution is -0.857. The Hall–Kier alpha value is -3.06. The van der Waals surface area contributed by atoms with Gasteiger partial charge in [0.1, 0.15) is 23.3 Å². The molecule has 1 saturated heterocycles. The summed E-state index contributed by atoms with van der Waals surface area (Å²) in [6.45, 7) is 5.36. The fraction of sp³-hybridized carbons (Fsp3) is 0.391. The Kier molecular flexibility index (Phi) is 6.62. The second-order valence-corrected chi connectivity index (χ2v) is 7.75. The average molecular weight is 412 g/mol. The van der Waals surface area contributed by atoms with Crippen LogP contribution in [0, 0.1) is 6.92 Å². The molecule has 0 aliphatic carbocycles. The Morgan fingerprint density at radius 1 is 1.17 bits per heavy atom. The number of likely N-dealkylation sites (N-methyl/N-ethyl adjacent to an activating group) is 1. The van der Waals surface area contributed by atoms with E-state index in [-0.39, 0.29) is 5.57 Å². The van der Waals surface area contributed by atoms with Crippen LogP contribution in [-0.2, 0) is 9.59 Å². The number of benzene rings is 1. The Morgan fingerprint density at radius 3 is 2.43 bits per heavy atom. The normalized spacial score (nSPS) is 18.4. The predicted molar refractivity (Wildman–Crippen MR) is 110 cm³/mol. The summed E-state index contributed by atoms with van der Waals surface area (Å²) < 4.78 is 11.3. The van der Waals surface area contributed by atoms with Gasteiger partial charge in [-0.05, 0) is 43.2 Å². The van der Waals surface area contributed by atoms with E-state index in [1.165, 1.54) is 4.90 Å². The van der Waals surface area contributed by atoms with Crippen molar-refractivity contribution in [3.05, 3.63) is 59.1 Å². The molecule has 7 heteroatoms. The number of hydrogen-bond acceptors (Lipinski definition) is 5. The van der Waals surface area contributed by atoms with Crippen LogP contribution in [0.3, 0.4) is 0 Å². The minimum atomic E-state index is -0.818. The van der Waals surface area contributed by atoms with E-state index in [0.29, 0.717) is 42.5 Å². The summed E-state index contributed by atoms with van der Waals surface area (Å²) in [4.78, 5) is 28.2. The number of ketones is 1. The first-order valence-electron chi connectivity index (χ1n) is 10.2. The lowest BCUT2D eigenvalue weighted by atomic mass is 9.99. The quantitative estimate of drug-likeness (QED) is 0.393. The van der Waals surface area contributed by atoms with E-state index in [4.69, 9.17) is 9.15 Å². The molecule has 30 heavy (non-hydrogen) atoms. The van der Waals surface area contributed by atoms with Gasteiger partial charge in [0.2, 0.25) is 5.78 Å². The van der Waals surface area contributed by atoms with Gasteiger partial charge in [0.05, 0.1) is 33.8 Å². The first-order valence-corrected chi connectivity index (χ1v) is 10.2. The molecule has 0 saturated carbocycles. The van der Waals surface area contributed by atoms with Crippen molar-refractivity contribution in [2.75, 3.05) is 33.8 Å². The molecule has 0 bridgehead atoms. The Balaban J connectivity index is 2.02. The molecular formula is C23H28N2O5. The zero-order valence-corrected chi connectivity index (χ0v) is 17.9. The first-order chi connectivity index (χ1) is 14.3. The van der Waals surface area contributed by atoms with E-state index in [1.54, 1.807) is 43.3 Å². The highest BCUT2D eigenvalue weighted by atomic mass is 16.5. The fourth-order valence-corrected chi connectivity index (χ4v) is 3.42. The number of Topliss-reactive ketones (excluding diaryl/α,β-unsaturated/α-hetero) is 1. The van der Waals surface area contributed by atoms with Crippen LogP contribution in [0.1, 0.15) is 36.5 Å². The maximum absolute atomic E-state index is 13.3. The standard InChI is InChI=1S/C23H28N2O5/c1-5-14-29-17-9-7-16(8-10-17)21(26)19-20(18-11-6-15(2)30-18)25(13-12-24(3)4)23(28)22(19)27/h6-11,20,26H,5,12-14H2,1-4H3/b21-19+. The molecule has 1 aliphatic rings. The summed E-state index contributed by atoms with van der Waals surface area (Å²) in [5, 5.41) is 13.3. The maximum atomic E-state index is 13.3. The van der Waals surface area contributed by atoms with Crippen LogP contribution in [0.15, 0.2) is 46.4 Å². The SMILES string of the molecule is CCCOc1ccc(/C([O-])=C2\C(=O)C(=O)N(CC[NH+](C)C)C2c2ccc(C)o2)cc1. The van der Waals surface area contributed by atoms with Gasteiger partial charge < -0.3 is 24.1 Å². The van der Waals surface area contributed by atoms with Gasteiger partial charge in [-0.3, -0.25) is 9.59 Å². The smallest absolute Gasteiger partial charge is 0.295 e. The van der Waals surface area contributed by atoms with Crippen molar-refractivity contribution in [3.63, 3.8) is 0 Å². The summed E-state index contributed by atoms with van der Waals surface area (Å²) in [5.41, 5.74) is 0.272. The average Bonchev–Trinajstić information content (AvgIpc) is 3.26. The maximum Gasteiger partial charge on any atom is 0.295 e. The van der Waals surface area contributed by atoms with Gasteiger partial charge in [0.15, 0.2) is 0 Å². The van der Waals surface area contributed by atoms with Gasteiger partial charge in [-0.1, -0.05) is 24.8 Å². The fourth-order valence-electron chi connectivity index (χ4n) is 3.42. The van der Waals surface area contributed by atoms with Crippen molar-refractivity contribution in [1.82, 2.24) is 4.90 Å². The second kappa shape index (κ2) is 9.17. The molecular weight excluding hydrogens is 384 g/mol. The minimum Gasteiger partial charge on any atom is -0.872 e. The highest BCUT2D eigenvalue weighted by Crippen LogP contribution is 2.39. The van der Waals surface area contributed by atoms with Gasteiger partial charge in [-0.2, -0.15) is 0 Å². The second-order valence-electron chi connectivity index (χ2n) is 7.75. The molecule has 1 unspecified atom stereocenters. The topological polar surface area (TPSA) is 87.2 Å². The number of carbonyl (C=O) groups is 2. The van der Waals surface area contributed by atoms with Gasteiger partial charge in [-0.25, -0.2) is 0 Å². The molecule has 1 N–H and O–H groups in total. The van der Waals surface area contributed by atoms with Crippen molar-refractivity contribution in [3.8, 4) is 5.75 Å². The monoisotopic (exact) mass is 412 g/mol. The van der Waals surface area contributed by atoms with Crippen LogP contribution in [-0.4, -0.2) is 50.4 Å². The number of hydrogen-bond donors (Lipinski definition) is 1. The van der Waals surface area contributed by atoms with Crippen LogP contribution in [0.25, 0.3) is 5.76 Å². The highest BCUT2D eigenvalue weighted by molar-refractivity contribution is 6.46. The van der Waals surface area contributed by atoms with Crippen molar-refractivity contribution >= 4 is 17.4 Å². The molecule has 160 valence electrons. The van der Waals surface area contributed by atoms with E-state index < -0.39 is 23.5 Å². The van der Waals surface area contributed by atoms with E-state index in [1.807, 2.05) is 21.0 Å². The summed E-state index contributed by atoms with van der Waals surface area (Å²) >= 11 is 0. The van der Waals surface area contributed by atoms with E-state index >= 15 is 0 Å². The molecule has 0 radical (unpaired) electrons. The molecule has 2 heterocycles. The lowest BCUT2D eigenvalue weighted by Crippen LogP contribution is -3.06. The van der Waals surface area contributed by atoms with Crippen LogP contribution in [0.5, 0.6) is 5.75 Å². The van der Waals surface area contributed by atoms with Crippen molar-refractivity contribution < 1.29 is 28.7 Å². The summed E-state index contributed by atoms with van der Waals surface area (Å²) in [6, 6.07) is 9.30. The van der Waals surface area contributed by atoms with Crippen LogP contribution in [0.4, 0.5) is 0 Å². The zero-order valence-electron chi connectivity index (χ0n) is 17.9. The third-order valence-corrected chi connectivity index (χ3v) is 5.00. The number of carbonyl (C=O) groups excluding carboxylic acids is 2. The number of aryl methyl sites for hydroxylation is 1. The largest absolute Gasteiger partial charge is 0.872 e. The Bertz CT molecular complexity index is 943. The molecule has 7 nitrogen and oxygen atoms in total. The third-order valence-electron chi connectivity index (χ3n) is 5.00. The van der Waals surface area contributed by atoms with Crippen molar-refractivity contribution in [2.45, 2.75) is 26.3 Å². The van der Waals surface area contributed by atoms with Crippen LogP contribution >= 0.6 is 0 Å².